The minimum absolute atomic E-state index is 0.00565. The lowest BCUT2D eigenvalue weighted by atomic mass is 10.3. The first kappa shape index (κ1) is 10.3. The van der Waals surface area contributed by atoms with E-state index in [9.17, 15) is 10.1 Å². The summed E-state index contributed by atoms with van der Waals surface area (Å²) in [6.07, 6.45) is 4.82. The van der Waals surface area contributed by atoms with Crippen LogP contribution in [0.4, 0.5) is 5.69 Å². The van der Waals surface area contributed by atoms with Crippen molar-refractivity contribution in [1.82, 2.24) is 14.5 Å². The summed E-state index contributed by atoms with van der Waals surface area (Å²) in [5, 5.41) is 10.4. The van der Waals surface area contributed by atoms with Crippen molar-refractivity contribution in [2.45, 2.75) is 13.5 Å². The van der Waals surface area contributed by atoms with E-state index in [0.717, 1.165) is 11.5 Å². The number of aromatic nitrogens is 3. The third kappa shape index (κ3) is 2.05. The Morgan fingerprint density at radius 2 is 2.25 bits per heavy atom. The summed E-state index contributed by atoms with van der Waals surface area (Å²) in [5.74, 6) is 0.889. The second-order valence-electron chi connectivity index (χ2n) is 3.37. The van der Waals surface area contributed by atoms with Gasteiger partial charge in [-0.3, -0.25) is 15.1 Å². The molecule has 2 aromatic heterocycles. The molecule has 0 aliphatic rings. The summed E-state index contributed by atoms with van der Waals surface area (Å²) >= 11 is 0. The lowest BCUT2D eigenvalue weighted by Gasteiger charge is -2.03. The molecular weight excluding hydrogens is 208 g/mol. The van der Waals surface area contributed by atoms with Gasteiger partial charge in [0, 0.05) is 18.5 Å². The first-order valence-electron chi connectivity index (χ1n) is 4.74. The van der Waals surface area contributed by atoms with E-state index in [2.05, 4.69) is 9.97 Å². The Balaban J connectivity index is 2.17. The average Bonchev–Trinajstić information content (AvgIpc) is 2.65. The third-order valence-corrected chi connectivity index (χ3v) is 2.28. The average molecular weight is 218 g/mol. The van der Waals surface area contributed by atoms with Gasteiger partial charge in [0.25, 0.3) is 5.69 Å². The molecule has 6 nitrogen and oxygen atoms in total. The minimum atomic E-state index is -0.459. The second kappa shape index (κ2) is 4.09. The van der Waals surface area contributed by atoms with Gasteiger partial charge in [-0.25, -0.2) is 4.98 Å². The highest BCUT2D eigenvalue weighted by Crippen LogP contribution is 2.10. The third-order valence-electron chi connectivity index (χ3n) is 2.28. The van der Waals surface area contributed by atoms with Crippen LogP contribution in [0, 0.1) is 17.0 Å². The highest BCUT2D eigenvalue weighted by atomic mass is 16.6. The molecule has 0 unspecified atom stereocenters. The fraction of sp³-hybridized carbons (Fsp3) is 0.200. The Kier molecular flexibility index (Phi) is 2.63. The van der Waals surface area contributed by atoms with Crippen LogP contribution in [-0.4, -0.2) is 19.5 Å². The Morgan fingerprint density at radius 1 is 1.44 bits per heavy atom. The fourth-order valence-corrected chi connectivity index (χ4v) is 1.36. The summed E-state index contributed by atoms with van der Waals surface area (Å²) in [6, 6.07) is 3.10. The lowest BCUT2D eigenvalue weighted by molar-refractivity contribution is -0.385. The molecule has 0 saturated carbocycles. The van der Waals surface area contributed by atoms with E-state index in [1.807, 2.05) is 17.7 Å². The monoisotopic (exact) mass is 218 g/mol. The van der Waals surface area contributed by atoms with Crippen LogP contribution < -0.4 is 0 Å². The van der Waals surface area contributed by atoms with Crippen molar-refractivity contribution < 1.29 is 4.92 Å². The topological polar surface area (TPSA) is 73.8 Å². The highest BCUT2D eigenvalue weighted by Gasteiger charge is 2.06. The van der Waals surface area contributed by atoms with Crippen LogP contribution in [0.25, 0.3) is 0 Å². The van der Waals surface area contributed by atoms with Crippen LogP contribution in [0.5, 0.6) is 0 Å². The number of hydrogen-bond donors (Lipinski definition) is 0. The molecule has 2 heterocycles. The van der Waals surface area contributed by atoms with Gasteiger partial charge in [-0.15, -0.1) is 0 Å². The van der Waals surface area contributed by atoms with Crippen LogP contribution >= 0.6 is 0 Å². The fourth-order valence-electron chi connectivity index (χ4n) is 1.36. The van der Waals surface area contributed by atoms with Crippen LogP contribution in [-0.2, 0) is 6.54 Å². The molecule has 0 atom stereocenters. The molecule has 16 heavy (non-hydrogen) atoms. The molecule has 2 rings (SSSR count). The molecule has 2 aromatic rings. The van der Waals surface area contributed by atoms with E-state index in [1.165, 1.54) is 12.3 Å². The predicted octanol–water partition coefficient (Wildman–Crippen LogP) is 1.54. The van der Waals surface area contributed by atoms with Gasteiger partial charge in [-0.05, 0) is 13.0 Å². The van der Waals surface area contributed by atoms with Crippen molar-refractivity contribution in [3.63, 3.8) is 0 Å². The standard InChI is InChI=1S/C10H10N4O2/c1-8-11-4-5-13(8)7-9-2-3-10(6-12-9)14(15)16/h2-6H,7H2,1H3. The zero-order valence-corrected chi connectivity index (χ0v) is 8.70. The van der Waals surface area contributed by atoms with Gasteiger partial charge in [-0.1, -0.05) is 0 Å². The molecule has 0 aromatic carbocycles. The molecule has 0 amide bonds. The van der Waals surface area contributed by atoms with Crippen LogP contribution in [0.2, 0.25) is 0 Å². The van der Waals surface area contributed by atoms with Crippen molar-refractivity contribution in [1.29, 1.82) is 0 Å². The Labute approximate surface area is 91.7 Å². The number of nitrogens with zero attached hydrogens (tertiary/aromatic N) is 4. The molecule has 0 radical (unpaired) electrons. The molecule has 82 valence electrons. The molecule has 0 aliphatic heterocycles. The molecule has 0 spiro atoms. The normalized spacial score (nSPS) is 10.3. The molecule has 6 heteroatoms. The maximum absolute atomic E-state index is 10.4. The number of rotatable bonds is 3. The quantitative estimate of drug-likeness (QED) is 0.578. The number of pyridine rings is 1. The number of nitro groups is 1. The first-order valence-corrected chi connectivity index (χ1v) is 4.74. The van der Waals surface area contributed by atoms with Gasteiger partial charge in [0.05, 0.1) is 17.2 Å². The summed E-state index contributed by atoms with van der Waals surface area (Å²) in [7, 11) is 0. The summed E-state index contributed by atoms with van der Waals surface area (Å²) in [6.45, 7) is 2.47. The van der Waals surface area contributed by atoms with E-state index in [1.54, 1.807) is 12.3 Å². The van der Waals surface area contributed by atoms with Crippen molar-refractivity contribution in [3.05, 3.63) is 52.4 Å². The Morgan fingerprint density at radius 3 is 2.75 bits per heavy atom. The molecule has 0 saturated heterocycles. The summed E-state index contributed by atoms with van der Waals surface area (Å²) in [5.41, 5.74) is 0.776. The molecule has 0 fully saturated rings. The van der Waals surface area contributed by atoms with Crippen molar-refractivity contribution in [2.24, 2.45) is 0 Å². The lowest BCUT2D eigenvalue weighted by Crippen LogP contribution is -2.02. The first-order chi connectivity index (χ1) is 7.66. The van der Waals surface area contributed by atoms with Crippen LogP contribution in [0.1, 0.15) is 11.5 Å². The second-order valence-corrected chi connectivity index (χ2v) is 3.37. The molecule has 0 bridgehead atoms. The Bertz CT molecular complexity index is 504. The Hall–Kier alpha value is -2.24. The van der Waals surface area contributed by atoms with Gasteiger partial charge >= 0.3 is 0 Å². The van der Waals surface area contributed by atoms with E-state index in [4.69, 9.17) is 0 Å². The largest absolute Gasteiger partial charge is 0.329 e. The summed E-state index contributed by atoms with van der Waals surface area (Å²) in [4.78, 5) is 18.1. The van der Waals surface area contributed by atoms with Gasteiger partial charge in [0.1, 0.15) is 12.0 Å². The van der Waals surface area contributed by atoms with Crippen LogP contribution in [0.15, 0.2) is 30.7 Å². The van der Waals surface area contributed by atoms with Gasteiger partial charge in [-0.2, -0.15) is 0 Å². The zero-order valence-electron chi connectivity index (χ0n) is 8.70. The summed E-state index contributed by atoms with van der Waals surface area (Å²) < 4.78 is 1.92. The predicted molar refractivity (Wildman–Crippen MR) is 57.0 cm³/mol. The number of aryl methyl sites for hydroxylation is 1. The van der Waals surface area contributed by atoms with Crippen LogP contribution in [0.3, 0.4) is 0 Å². The van der Waals surface area contributed by atoms with E-state index in [-0.39, 0.29) is 5.69 Å². The van der Waals surface area contributed by atoms with Gasteiger partial charge in [0.15, 0.2) is 0 Å². The smallest absolute Gasteiger partial charge is 0.287 e. The SMILES string of the molecule is Cc1nccn1Cc1ccc([N+](=O)[O-])cn1. The van der Waals surface area contributed by atoms with E-state index >= 15 is 0 Å². The maximum atomic E-state index is 10.4. The van der Waals surface area contributed by atoms with Gasteiger partial charge in [0.2, 0.25) is 0 Å². The molecule has 0 N–H and O–H groups in total. The minimum Gasteiger partial charge on any atom is -0.329 e. The van der Waals surface area contributed by atoms with Crippen molar-refractivity contribution in [3.8, 4) is 0 Å². The number of imidazole rings is 1. The van der Waals surface area contributed by atoms with E-state index in [0.29, 0.717) is 6.54 Å². The zero-order chi connectivity index (χ0) is 11.5. The molecule has 0 aliphatic carbocycles. The maximum Gasteiger partial charge on any atom is 0.287 e. The van der Waals surface area contributed by atoms with Crippen molar-refractivity contribution in [2.75, 3.05) is 0 Å². The highest BCUT2D eigenvalue weighted by molar-refractivity contribution is 5.26. The molecular formula is C10H10N4O2. The van der Waals surface area contributed by atoms with E-state index < -0.39 is 4.92 Å². The van der Waals surface area contributed by atoms with Gasteiger partial charge < -0.3 is 4.57 Å². The number of hydrogen-bond acceptors (Lipinski definition) is 4. The van der Waals surface area contributed by atoms with Crippen molar-refractivity contribution >= 4 is 5.69 Å².